The third-order valence-electron chi connectivity index (χ3n) is 2.07. The van der Waals surface area contributed by atoms with E-state index >= 15 is 0 Å². The summed E-state index contributed by atoms with van der Waals surface area (Å²) in [5, 5.41) is 42.8. The fourth-order valence-corrected chi connectivity index (χ4v) is 1.44. The van der Waals surface area contributed by atoms with Crippen molar-refractivity contribution in [2.45, 2.75) is 20.3 Å². The fraction of sp³-hybridized carbons (Fsp3) is 0.214. The summed E-state index contributed by atoms with van der Waals surface area (Å²) >= 11 is 0. The van der Waals surface area contributed by atoms with Crippen molar-refractivity contribution in [3.63, 3.8) is 0 Å². The lowest BCUT2D eigenvalue weighted by Gasteiger charge is -1.93. The first kappa shape index (κ1) is 19.8. The van der Waals surface area contributed by atoms with Crippen LogP contribution in [0.3, 0.4) is 0 Å². The Morgan fingerprint density at radius 2 is 1.43 bits per heavy atom. The second-order valence-electron chi connectivity index (χ2n) is 4.17. The predicted molar refractivity (Wildman–Crippen MR) is 77.5 cm³/mol. The highest BCUT2D eigenvalue weighted by Gasteiger charge is 2.15. The smallest absolute Gasteiger partial charge is 0.311 e. The molecule has 0 unspecified atom stereocenters. The number of hydrogen-bond donors (Lipinski definition) is 5. The molecule has 0 saturated carbocycles. The molecule has 0 spiro atoms. The first-order valence-corrected chi connectivity index (χ1v) is 6.08. The summed E-state index contributed by atoms with van der Waals surface area (Å²) in [6.07, 6.45) is -0.333. The van der Waals surface area contributed by atoms with Crippen molar-refractivity contribution in [3.05, 3.63) is 24.0 Å². The lowest BCUT2D eigenvalue weighted by molar-refractivity contribution is -0.137. The maximum absolute atomic E-state index is 10.5. The molecule has 1 aromatic heterocycles. The average molecular weight is 328 g/mol. The third-order valence-corrected chi connectivity index (χ3v) is 2.07. The summed E-state index contributed by atoms with van der Waals surface area (Å²) in [6, 6.07) is 4.22. The zero-order valence-electron chi connectivity index (χ0n) is 12.3. The van der Waals surface area contributed by atoms with Crippen LogP contribution in [0.15, 0.2) is 22.6 Å². The maximum atomic E-state index is 10.5. The number of carboxylic acid groups (broad SMARTS) is 3. The van der Waals surface area contributed by atoms with Crippen molar-refractivity contribution < 1.29 is 44.3 Å². The van der Waals surface area contributed by atoms with Gasteiger partial charge in [-0.25, -0.2) is 0 Å². The van der Waals surface area contributed by atoms with Gasteiger partial charge in [-0.05, 0) is 18.2 Å². The molecule has 23 heavy (non-hydrogen) atoms. The van der Waals surface area contributed by atoms with Crippen molar-refractivity contribution in [3.8, 4) is 11.7 Å². The number of phenols is 1. The second kappa shape index (κ2) is 8.93. The van der Waals surface area contributed by atoms with Crippen LogP contribution in [-0.2, 0) is 20.8 Å². The van der Waals surface area contributed by atoms with E-state index < -0.39 is 17.9 Å². The topological polar surface area (TPSA) is 165 Å². The summed E-state index contributed by atoms with van der Waals surface area (Å²) in [6.45, 7) is 2.17. The summed E-state index contributed by atoms with van der Waals surface area (Å²) in [7, 11) is 0. The van der Waals surface area contributed by atoms with Gasteiger partial charge in [0, 0.05) is 19.2 Å². The van der Waals surface area contributed by atoms with Gasteiger partial charge in [-0.3, -0.25) is 14.4 Å². The summed E-state index contributed by atoms with van der Waals surface area (Å²) in [5.74, 6) is -2.93. The van der Waals surface area contributed by atoms with Gasteiger partial charge in [0.1, 0.15) is 17.9 Å². The van der Waals surface area contributed by atoms with E-state index in [0.29, 0.717) is 10.8 Å². The molecular formula is C14H16O9. The molecule has 126 valence electrons. The Morgan fingerprint density at radius 3 is 1.87 bits per heavy atom. The average Bonchev–Trinajstić information content (AvgIpc) is 2.63. The number of furan rings is 1. The number of carbonyl (C=O) groups is 3. The molecule has 5 N–H and O–H groups in total. The van der Waals surface area contributed by atoms with E-state index in [1.807, 2.05) is 0 Å². The number of aromatic hydroxyl groups is 2. The van der Waals surface area contributed by atoms with Gasteiger partial charge >= 0.3 is 5.97 Å². The Labute approximate surface area is 130 Å². The van der Waals surface area contributed by atoms with E-state index in [9.17, 15) is 15.0 Å². The first-order chi connectivity index (χ1) is 10.5. The van der Waals surface area contributed by atoms with Crippen LogP contribution in [0.5, 0.6) is 11.7 Å². The van der Waals surface area contributed by atoms with Crippen LogP contribution in [0.4, 0.5) is 0 Å². The van der Waals surface area contributed by atoms with Gasteiger partial charge in [-0.1, -0.05) is 0 Å². The molecule has 0 atom stereocenters. The minimum atomic E-state index is -1.06. The van der Waals surface area contributed by atoms with Crippen molar-refractivity contribution >= 4 is 28.7 Å². The number of fused-ring (bicyclic) bond motifs is 1. The van der Waals surface area contributed by atoms with Crippen molar-refractivity contribution in [1.82, 2.24) is 0 Å². The number of phenolic OH excluding ortho intramolecular Hbond substituents is 1. The Hall–Kier alpha value is -3.23. The van der Waals surface area contributed by atoms with Gasteiger partial charge in [-0.2, -0.15) is 0 Å². The van der Waals surface area contributed by atoms with Gasteiger partial charge in [0.2, 0.25) is 0 Å². The molecule has 0 bridgehead atoms. The zero-order chi connectivity index (χ0) is 18.2. The highest BCUT2D eigenvalue weighted by molar-refractivity contribution is 5.91. The minimum absolute atomic E-state index is 0.00469. The first-order valence-electron chi connectivity index (χ1n) is 6.08. The monoisotopic (exact) mass is 328 g/mol. The highest BCUT2D eigenvalue weighted by atomic mass is 16.5. The number of benzene rings is 1. The Morgan fingerprint density at radius 1 is 0.957 bits per heavy atom. The van der Waals surface area contributed by atoms with Gasteiger partial charge in [-0.15, -0.1) is 0 Å². The van der Waals surface area contributed by atoms with Gasteiger partial charge in [0.25, 0.3) is 17.9 Å². The van der Waals surface area contributed by atoms with Gasteiger partial charge in [0.15, 0.2) is 0 Å². The van der Waals surface area contributed by atoms with E-state index in [1.54, 1.807) is 0 Å². The molecule has 1 aromatic carbocycles. The number of aliphatic carboxylic acids is 3. The molecule has 0 radical (unpaired) electrons. The number of carboxylic acids is 3. The molecule has 0 saturated heterocycles. The molecule has 2 rings (SSSR count). The summed E-state index contributed by atoms with van der Waals surface area (Å²) < 4.78 is 4.89. The lowest BCUT2D eigenvalue weighted by atomic mass is 10.1. The lowest BCUT2D eigenvalue weighted by Crippen LogP contribution is -1.98. The highest BCUT2D eigenvalue weighted by Crippen LogP contribution is 2.33. The Bertz CT molecular complexity index is 680. The molecule has 0 amide bonds. The number of rotatable bonds is 2. The Balaban J connectivity index is 0.000000509. The van der Waals surface area contributed by atoms with E-state index in [-0.39, 0.29) is 23.9 Å². The van der Waals surface area contributed by atoms with E-state index in [4.69, 9.17) is 29.3 Å². The second-order valence-corrected chi connectivity index (χ2v) is 4.17. The molecule has 1 heterocycles. The van der Waals surface area contributed by atoms with Gasteiger partial charge < -0.3 is 29.9 Å². The van der Waals surface area contributed by atoms with E-state index in [0.717, 1.165) is 13.8 Å². The zero-order valence-corrected chi connectivity index (χ0v) is 12.3. The summed E-state index contributed by atoms with van der Waals surface area (Å²) in [4.78, 5) is 28.5. The van der Waals surface area contributed by atoms with Crippen molar-refractivity contribution in [2.75, 3.05) is 0 Å². The standard InChI is InChI=1S/C10H8O5.2C2H4O2/c11-5-1-2-6-7(3-5)8(4-9(12)13)15-10(6)14;2*1-2(3)4/h1-3,11,14H,4H2,(H,12,13);2*1H3,(H,3,4). The summed E-state index contributed by atoms with van der Waals surface area (Å²) in [5.41, 5.74) is 0. The van der Waals surface area contributed by atoms with Crippen LogP contribution in [0.2, 0.25) is 0 Å². The molecule has 0 aliphatic heterocycles. The maximum Gasteiger partial charge on any atom is 0.311 e. The molecule has 0 fully saturated rings. The molecule has 9 heteroatoms. The molecule has 2 aromatic rings. The van der Waals surface area contributed by atoms with E-state index in [1.165, 1.54) is 18.2 Å². The van der Waals surface area contributed by atoms with E-state index in [2.05, 4.69) is 0 Å². The quantitative estimate of drug-likeness (QED) is 0.550. The fourth-order valence-electron chi connectivity index (χ4n) is 1.44. The molecule has 0 aliphatic carbocycles. The minimum Gasteiger partial charge on any atom is -0.508 e. The molecule has 0 aliphatic rings. The molecule has 9 nitrogen and oxygen atoms in total. The van der Waals surface area contributed by atoms with Crippen LogP contribution in [0, 0.1) is 0 Å². The third kappa shape index (κ3) is 7.95. The van der Waals surface area contributed by atoms with Crippen LogP contribution in [0.25, 0.3) is 10.8 Å². The number of hydrogen-bond acceptors (Lipinski definition) is 6. The van der Waals surface area contributed by atoms with Gasteiger partial charge in [0.05, 0.1) is 5.39 Å². The van der Waals surface area contributed by atoms with Crippen molar-refractivity contribution in [2.24, 2.45) is 0 Å². The van der Waals surface area contributed by atoms with Crippen LogP contribution in [0.1, 0.15) is 19.6 Å². The van der Waals surface area contributed by atoms with Crippen LogP contribution in [-0.4, -0.2) is 43.4 Å². The largest absolute Gasteiger partial charge is 0.508 e. The SMILES string of the molecule is CC(=O)O.CC(=O)O.O=C(O)Cc1oc(O)c2ccc(O)cc12. The van der Waals surface area contributed by atoms with Crippen LogP contribution >= 0.6 is 0 Å². The van der Waals surface area contributed by atoms with Crippen molar-refractivity contribution in [1.29, 1.82) is 0 Å². The predicted octanol–water partition coefficient (Wildman–Crippen LogP) is 1.65. The van der Waals surface area contributed by atoms with Crippen LogP contribution < -0.4 is 0 Å². The molecular weight excluding hydrogens is 312 g/mol. The Kier molecular flexibility index (Phi) is 7.67. The normalized spacial score (nSPS) is 9.13.